The predicted molar refractivity (Wildman–Crippen MR) is 98.1 cm³/mol. The van der Waals surface area contributed by atoms with Crippen molar-refractivity contribution in [3.63, 3.8) is 0 Å². The second kappa shape index (κ2) is 14.6. The highest BCUT2D eigenvalue weighted by molar-refractivity contribution is 8.47. The van der Waals surface area contributed by atoms with Crippen LogP contribution in [0.25, 0.3) is 0 Å². The van der Waals surface area contributed by atoms with Crippen LogP contribution in [0.3, 0.4) is 0 Å². The molecule has 120 valence electrons. The first-order chi connectivity index (χ1) is 10.6. The number of thioether (sulfide) groups is 2. The Morgan fingerprint density at radius 3 is 1.64 bits per heavy atom. The maximum absolute atomic E-state index is 10.8. The second-order valence-corrected chi connectivity index (χ2v) is 6.73. The molecule has 7 heteroatoms. The molecular formula is C15H18O4S3. The average Bonchev–Trinajstić information content (AvgIpc) is 2.53. The van der Waals surface area contributed by atoms with E-state index in [9.17, 15) is 9.59 Å². The maximum atomic E-state index is 10.8. The van der Waals surface area contributed by atoms with E-state index in [1.807, 2.05) is 12.2 Å². The van der Waals surface area contributed by atoms with E-state index in [-0.39, 0.29) is 13.2 Å². The minimum Gasteiger partial charge on any atom is -0.458 e. The van der Waals surface area contributed by atoms with Crippen LogP contribution in [-0.2, 0) is 19.1 Å². The molecule has 0 unspecified atom stereocenters. The summed E-state index contributed by atoms with van der Waals surface area (Å²) in [6, 6.07) is 0. The van der Waals surface area contributed by atoms with Crippen LogP contribution < -0.4 is 0 Å². The first kappa shape index (κ1) is 20.7. The summed E-state index contributed by atoms with van der Waals surface area (Å²) in [5, 5.41) is 0. The zero-order chi connectivity index (χ0) is 16.6. The van der Waals surface area contributed by atoms with Crippen molar-refractivity contribution in [3.8, 4) is 0 Å². The van der Waals surface area contributed by atoms with Crippen molar-refractivity contribution in [1.29, 1.82) is 0 Å². The number of carbonyl (C=O) groups excluding carboxylic acids is 2. The minimum atomic E-state index is -0.436. The third kappa shape index (κ3) is 13.7. The van der Waals surface area contributed by atoms with Gasteiger partial charge >= 0.3 is 11.9 Å². The molecule has 0 aliphatic carbocycles. The van der Waals surface area contributed by atoms with Crippen LogP contribution in [0, 0.1) is 0 Å². The predicted octanol–water partition coefficient (Wildman–Crippen LogP) is 3.31. The molecule has 0 saturated heterocycles. The second-order valence-electron chi connectivity index (χ2n) is 3.48. The number of hydrogen-bond donors (Lipinski definition) is 0. The number of esters is 2. The molecule has 0 bridgehead atoms. The molecule has 0 heterocycles. The summed E-state index contributed by atoms with van der Waals surface area (Å²) in [4.78, 5) is 21.5. The molecule has 0 saturated carbocycles. The summed E-state index contributed by atoms with van der Waals surface area (Å²) in [5.41, 5.74) is 0. The van der Waals surface area contributed by atoms with Gasteiger partial charge in [-0.1, -0.05) is 49.7 Å². The molecule has 4 nitrogen and oxygen atoms in total. The maximum Gasteiger partial charge on any atom is 0.330 e. The van der Waals surface area contributed by atoms with Crippen molar-refractivity contribution >= 4 is 51.2 Å². The molecule has 0 rings (SSSR count). The minimum absolute atomic E-state index is 0.234. The van der Waals surface area contributed by atoms with Crippen LogP contribution in [-0.4, -0.2) is 40.2 Å². The number of rotatable bonds is 10. The lowest BCUT2D eigenvalue weighted by Crippen LogP contribution is -1.99. The van der Waals surface area contributed by atoms with Gasteiger partial charge in [-0.3, -0.25) is 0 Å². The monoisotopic (exact) mass is 358 g/mol. The Labute approximate surface area is 144 Å². The Morgan fingerprint density at radius 2 is 1.27 bits per heavy atom. The number of ether oxygens (including phenoxy) is 2. The third-order valence-electron chi connectivity index (χ3n) is 1.91. The first-order valence-electron chi connectivity index (χ1n) is 6.28. The van der Waals surface area contributed by atoms with E-state index in [4.69, 9.17) is 21.7 Å². The normalized spacial score (nSPS) is 10.5. The first-order valence-corrected chi connectivity index (χ1v) is 8.66. The molecule has 0 amide bonds. The molecule has 0 aromatic carbocycles. The number of thiocarbonyl (C=S) groups is 1. The van der Waals surface area contributed by atoms with Crippen LogP contribution in [0.4, 0.5) is 0 Å². The van der Waals surface area contributed by atoms with E-state index in [1.165, 1.54) is 23.5 Å². The molecular weight excluding hydrogens is 340 g/mol. The van der Waals surface area contributed by atoms with E-state index in [2.05, 4.69) is 13.2 Å². The zero-order valence-corrected chi connectivity index (χ0v) is 14.5. The van der Waals surface area contributed by atoms with Crippen LogP contribution in [0.2, 0.25) is 0 Å². The number of hydrogen-bond acceptors (Lipinski definition) is 7. The lowest BCUT2D eigenvalue weighted by molar-refractivity contribution is -0.137. The highest BCUT2D eigenvalue weighted by Crippen LogP contribution is 2.17. The van der Waals surface area contributed by atoms with Crippen LogP contribution in [0.1, 0.15) is 0 Å². The lowest BCUT2D eigenvalue weighted by Gasteiger charge is -1.99. The van der Waals surface area contributed by atoms with E-state index in [0.717, 1.165) is 27.2 Å². The van der Waals surface area contributed by atoms with Crippen LogP contribution in [0.15, 0.2) is 49.6 Å². The summed E-state index contributed by atoms with van der Waals surface area (Å²) >= 11 is 8.25. The molecule has 0 aliphatic rings. The third-order valence-corrected chi connectivity index (χ3v) is 4.51. The summed E-state index contributed by atoms with van der Waals surface area (Å²) < 4.78 is 10.4. The van der Waals surface area contributed by atoms with E-state index < -0.39 is 11.9 Å². The van der Waals surface area contributed by atoms with Crippen LogP contribution >= 0.6 is 35.7 Å². The highest BCUT2D eigenvalue weighted by Gasteiger charge is 1.96. The van der Waals surface area contributed by atoms with Crippen LogP contribution in [0.5, 0.6) is 0 Å². The fourth-order valence-corrected chi connectivity index (χ4v) is 2.81. The molecule has 0 aromatic heterocycles. The molecule has 0 spiro atoms. The Morgan fingerprint density at radius 1 is 0.864 bits per heavy atom. The average molecular weight is 359 g/mol. The molecule has 0 N–H and O–H groups in total. The molecule has 0 atom stereocenters. The van der Waals surface area contributed by atoms with Crippen molar-refractivity contribution < 1.29 is 19.1 Å². The largest absolute Gasteiger partial charge is 0.458 e. The molecule has 22 heavy (non-hydrogen) atoms. The zero-order valence-electron chi connectivity index (χ0n) is 12.1. The molecule has 0 aromatic rings. The van der Waals surface area contributed by atoms with Crippen molar-refractivity contribution in [3.05, 3.63) is 49.6 Å². The van der Waals surface area contributed by atoms with Gasteiger partial charge in [-0.25, -0.2) is 9.59 Å². The fourth-order valence-electron chi connectivity index (χ4n) is 0.924. The van der Waals surface area contributed by atoms with E-state index >= 15 is 0 Å². The van der Waals surface area contributed by atoms with Gasteiger partial charge < -0.3 is 9.47 Å². The fraction of sp³-hybridized carbons (Fsp3) is 0.267. The van der Waals surface area contributed by atoms with Gasteiger partial charge in [0.2, 0.25) is 0 Å². The van der Waals surface area contributed by atoms with Gasteiger partial charge in [-0.2, -0.15) is 0 Å². The Balaban J connectivity index is 3.57. The summed E-state index contributed by atoms with van der Waals surface area (Å²) in [6.07, 6.45) is 9.54. The van der Waals surface area contributed by atoms with Gasteiger partial charge in [0.15, 0.2) is 0 Å². The summed E-state index contributed by atoms with van der Waals surface area (Å²) in [5.74, 6) is 0.568. The van der Waals surface area contributed by atoms with Gasteiger partial charge in [-0.15, -0.1) is 23.5 Å². The Hall–Kier alpha value is -1.31. The Bertz CT molecular complexity index is 416. The summed E-state index contributed by atoms with van der Waals surface area (Å²) in [6.45, 7) is 7.07. The molecule has 0 radical (unpaired) electrons. The van der Waals surface area contributed by atoms with Crippen molar-refractivity contribution in [2.24, 2.45) is 0 Å². The molecule has 0 aliphatic heterocycles. The summed E-state index contributed by atoms with van der Waals surface area (Å²) in [7, 11) is 0. The van der Waals surface area contributed by atoms with Gasteiger partial charge in [-0.05, 0) is 0 Å². The van der Waals surface area contributed by atoms with Gasteiger partial charge in [0, 0.05) is 23.7 Å². The standard InChI is InChI=1S/C15H18O4S3/c1-3-13(16)18-9-5-7-11-21-15(20)22-12-8-6-10-19-14(17)4-2/h3-8H,1-2,9-12H2/b7-5+,8-6+. The van der Waals surface area contributed by atoms with Crippen molar-refractivity contribution in [2.45, 2.75) is 0 Å². The topological polar surface area (TPSA) is 52.6 Å². The van der Waals surface area contributed by atoms with Crippen molar-refractivity contribution in [2.75, 3.05) is 24.7 Å². The lowest BCUT2D eigenvalue weighted by atomic mass is 10.5. The van der Waals surface area contributed by atoms with E-state index in [1.54, 1.807) is 12.2 Å². The molecule has 0 fully saturated rings. The Kier molecular flexibility index (Phi) is 13.7. The number of carbonyl (C=O) groups is 2. The smallest absolute Gasteiger partial charge is 0.330 e. The SMILES string of the molecule is C=CC(=O)OC/C=C/CSC(=S)SC/C=C/COC(=O)C=C. The highest BCUT2D eigenvalue weighted by atomic mass is 32.2. The van der Waals surface area contributed by atoms with Crippen molar-refractivity contribution in [1.82, 2.24) is 0 Å². The van der Waals surface area contributed by atoms with Gasteiger partial charge in [0.1, 0.15) is 16.7 Å². The van der Waals surface area contributed by atoms with Gasteiger partial charge in [0.05, 0.1) is 0 Å². The quantitative estimate of drug-likeness (QED) is 0.257. The van der Waals surface area contributed by atoms with E-state index in [0.29, 0.717) is 0 Å². The van der Waals surface area contributed by atoms with Gasteiger partial charge in [0.25, 0.3) is 0 Å².